The van der Waals surface area contributed by atoms with E-state index in [1.54, 1.807) is 0 Å². The molecule has 0 bridgehead atoms. The van der Waals surface area contributed by atoms with Crippen LogP contribution in [0, 0.1) is 0 Å². The zero-order valence-corrected chi connectivity index (χ0v) is 12.2. The monoisotopic (exact) mass is 308 g/mol. The number of carbonyl (C=O) groups excluding carboxylic acids is 3. The van der Waals surface area contributed by atoms with E-state index in [-0.39, 0.29) is 78.5 Å². The van der Waals surface area contributed by atoms with Crippen LogP contribution in [0.3, 0.4) is 0 Å². The summed E-state index contributed by atoms with van der Waals surface area (Å²) in [5.74, 6) is -5.98. The van der Waals surface area contributed by atoms with Crippen molar-refractivity contribution in [3.05, 3.63) is 0 Å². The second kappa shape index (κ2) is 18.1. The van der Waals surface area contributed by atoms with Crippen LogP contribution in [0.5, 0.6) is 0 Å². The van der Waals surface area contributed by atoms with Gasteiger partial charge in [0.15, 0.2) is 0 Å². The average molecular weight is 308 g/mol. The van der Waals surface area contributed by atoms with E-state index < -0.39 is 36.4 Å². The minimum atomic E-state index is -2.97. The van der Waals surface area contributed by atoms with Gasteiger partial charge in [-0.2, -0.15) is 0 Å². The van der Waals surface area contributed by atoms with E-state index in [1.165, 1.54) is 0 Å². The summed E-state index contributed by atoms with van der Waals surface area (Å²) in [5.41, 5.74) is -2.97. The molecule has 0 heterocycles. The van der Waals surface area contributed by atoms with Gasteiger partial charge in [0.05, 0.1) is 5.97 Å². The van der Waals surface area contributed by atoms with Crippen LogP contribution in [0.2, 0.25) is 0 Å². The standard InChI is InChI=1S/C6H8O7.Ca.Li.4H2O/c7-3(8)1-6(13,5(11)12)2-4(9)10;;;;;;/h13H,1-2H2,(H,7,8)(H,9,10)(H,11,12);;;4*1H2/q;+2;+1;;;;/p-3. The fourth-order valence-corrected chi connectivity index (χ4v) is 0.684. The Morgan fingerprint density at radius 2 is 1.05 bits per heavy atom. The van der Waals surface area contributed by atoms with E-state index in [9.17, 15) is 29.7 Å². The van der Waals surface area contributed by atoms with Crippen molar-refractivity contribution in [3.63, 3.8) is 0 Å². The van der Waals surface area contributed by atoms with E-state index in [0.717, 1.165) is 0 Å². The van der Waals surface area contributed by atoms with E-state index in [4.69, 9.17) is 5.11 Å². The van der Waals surface area contributed by atoms with Crippen LogP contribution in [0.1, 0.15) is 12.8 Å². The quantitative estimate of drug-likeness (QED) is 0.478. The van der Waals surface area contributed by atoms with Crippen molar-refractivity contribution in [2.75, 3.05) is 0 Å². The smallest absolute Gasteiger partial charge is 0.550 e. The topological polar surface area (TPSA) is 267 Å². The van der Waals surface area contributed by atoms with Gasteiger partial charge in [0.25, 0.3) is 0 Å². The summed E-state index contributed by atoms with van der Waals surface area (Å²) < 4.78 is 0. The maximum atomic E-state index is 10.1. The Labute approximate surface area is 149 Å². The molecule has 0 radical (unpaired) electrons. The largest absolute Gasteiger partial charge is 2.00 e. The van der Waals surface area contributed by atoms with Crippen molar-refractivity contribution in [3.8, 4) is 0 Å². The molecule has 0 saturated heterocycles. The predicted molar refractivity (Wildman–Crippen MR) is 49.4 cm³/mol. The van der Waals surface area contributed by atoms with Crippen molar-refractivity contribution in [2.45, 2.75) is 18.4 Å². The van der Waals surface area contributed by atoms with Gasteiger partial charge in [0.1, 0.15) is 5.60 Å². The van der Waals surface area contributed by atoms with Gasteiger partial charge >= 0.3 is 56.6 Å². The summed E-state index contributed by atoms with van der Waals surface area (Å²) in [6.45, 7) is 0. The van der Waals surface area contributed by atoms with Crippen LogP contribution in [0.25, 0.3) is 0 Å². The zero-order valence-electron chi connectivity index (χ0n) is 10.0. The zero-order chi connectivity index (χ0) is 10.6. The maximum Gasteiger partial charge on any atom is 2.00 e. The molecule has 0 aliphatic carbocycles. The number of carboxylic acid groups (broad SMARTS) is 3. The summed E-state index contributed by atoms with van der Waals surface area (Å²) in [5, 5.41) is 38.9. The van der Waals surface area contributed by atoms with E-state index in [0.29, 0.717) is 0 Å². The molecule has 0 atom stereocenters. The van der Waals surface area contributed by atoms with Gasteiger partial charge in [-0.15, -0.1) is 0 Å². The molecule has 0 unspecified atom stereocenters. The molecule has 19 heavy (non-hydrogen) atoms. The molecule has 0 saturated carbocycles. The van der Waals surface area contributed by atoms with Crippen molar-refractivity contribution < 1.29 is 75.6 Å². The van der Waals surface area contributed by atoms with Crippen LogP contribution < -0.4 is 34.2 Å². The van der Waals surface area contributed by atoms with E-state index >= 15 is 0 Å². The molecule has 0 aliphatic heterocycles. The molecule has 0 rings (SSSR count). The average Bonchev–Trinajstić information content (AvgIpc) is 1.82. The molecule has 0 aliphatic rings. The Bertz CT molecular complexity index is 242. The number of aliphatic carboxylic acids is 3. The second-order valence-electron chi connectivity index (χ2n) is 2.42. The number of carbonyl (C=O) groups is 3. The Morgan fingerprint density at radius 3 is 1.16 bits per heavy atom. The molecule has 11 nitrogen and oxygen atoms in total. The third-order valence-electron chi connectivity index (χ3n) is 1.25. The summed E-state index contributed by atoms with van der Waals surface area (Å²) >= 11 is 0. The normalized spacial score (nSPS) is 7.42. The number of carboxylic acids is 3. The molecule has 0 amide bonds. The first-order valence-corrected chi connectivity index (χ1v) is 3.11. The summed E-state index contributed by atoms with van der Waals surface area (Å²) in [7, 11) is 0. The van der Waals surface area contributed by atoms with Crippen LogP contribution >= 0.6 is 0 Å². The Kier molecular flexibility index (Phi) is 40.6. The summed E-state index contributed by atoms with van der Waals surface area (Å²) in [6, 6.07) is 0. The van der Waals surface area contributed by atoms with Crippen molar-refractivity contribution in [2.24, 2.45) is 0 Å². The molecule has 9 N–H and O–H groups in total. The second-order valence-corrected chi connectivity index (χ2v) is 2.42. The van der Waals surface area contributed by atoms with Gasteiger partial charge in [-0.05, 0) is 0 Å². The van der Waals surface area contributed by atoms with Crippen LogP contribution in [0.4, 0.5) is 0 Å². The first kappa shape index (κ1) is 42.7. The molecule has 0 aromatic rings. The van der Waals surface area contributed by atoms with Gasteiger partial charge in [-0.3, -0.25) is 0 Å². The van der Waals surface area contributed by atoms with Gasteiger partial charge in [0, 0.05) is 24.8 Å². The molecule has 13 heteroatoms. The minimum absolute atomic E-state index is 0. The molecule has 106 valence electrons. The van der Waals surface area contributed by atoms with Crippen LogP contribution in [0.15, 0.2) is 0 Å². The molecule has 0 spiro atoms. The van der Waals surface area contributed by atoms with Gasteiger partial charge in [-0.1, -0.05) is 0 Å². The fourth-order valence-electron chi connectivity index (χ4n) is 0.684. The third-order valence-corrected chi connectivity index (χ3v) is 1.25. The Balaban J connectivity index is -0.0000000480. The number of hydrogen-bond donors (Lipinski definition) is 1. The first-order chi connectivity index (χ1) is 5.78. The molecule has 0 fully saturated rings. The SMILES string of the molecule is O.O.O.O.O=C([O-])CC(O)(CC(=O)[O-])C(=O)[O-].[Ca+2].[Li+]. The molecule has 0 aromatic carbocycles. The number of rotatable bonds is 5. The van der Waals surface area contributed by atoms with Crippen molar-refractivity contribution in [1.82, 2.24) is 0 Å². The molecular weight excluding hydrogens is 295 g/mol. The van der Waals surface area contributed by atoms with E-state index in [2.05, 4.69) is 0 Å². The maximum absolute atomic E-state index is 10.1. The van der Waals surface area contributed by atoms with E-state index in [1.807, 2.05) is 0 Å². The molecular formula is C6H13CaLiO11. The van der Waals surface area contributed by atoms with Crippen LogP contribution in [-0.4, -0.2) is 88.3 Å². The Morgan fingerprint density at radius 1 is 0.842 bits per heavy atom. The van der Waals surface area contributed by atoms with Gasteiger partial charge in [-0.25, -0.2) is 0 Å². The number of hydrogen-bond acceptors (Lipinski definition) is 7. The fraction of sp³-hybridized carbons (Fsp3) is 0.500. The molecule has 0 aromatic heterocycles. The van der Waals surface area contributed by atoms with Crippen molar-refractivity contribution >= 4 is 55.6 Å². The first-order valence-electron chi connectivity index (χ1n) is 3.11. The summed E-state index contributed by atoms with van der Waals surface area (Å²) in [6.07, 6.45) is -2.72. The summed E-state index contributed by atoms with van der Waals surface area (Å²) in [4.78, 5) is 30.0. The minimum Gasteiger partial charge on any atom is -0.550 e. The predicted octanol–water partition coefficient (Wildman–Crippen LogP) is -11.9. The van der Waals surface area contributed by atoms with Crippen LogP contribution in [-0.2, 0) is 14.4 Å². The Hall–Kier alpha value is 0.0671. The van der Waals surface area contributed by atoms with Gasteiger partial charge < -0.3 is 56.7 Å². The van der Waals surface area contributed by atoms with Gasteiger partial charge in [0.2, 0.25) is 0 Å². The van der Waals surface area contributed by atoms with Crippen molar-refractivity contribution in [1.29, 1.82) is 0 Å². The third kappa shape index (κ3) is 18.1. The number of aliphatic hydroxyl groups is 1.